The van der Waals surface area contributed by atoms with Crippen LogP contribution in [0.15, 0.2) is 18.2 Å². The summed E-state index contributed by atoms with van der Waals surface area (Å²) in [6, 6.07) is 6.17. The normalized spacial score (nSPS) is 22.0. The molecule has 0 saturated heterocycles. The van der Waals surface area contributed by atoms with Gasteiger partial charge < -0.3 is 15.2 Å². The molecule has 6 nitrogen and oxygen atoms in total. The van der Waals surface area contributed by atoms with Crippen molar-refractivity contribution in [1.82, 2.24) is 10.2 Å². The van der Waals surface area contributed by atoms with Crippen molar-refractivity contribution >= 4 is 11.9 Å². The standard InChI is InChI=1S/C20H28N2O4/c1-13-3-6-18(7-14(13)2)26-12-19(23)21-16-8-17(9-16)22(11-20(24)25)10-15-4-5-15/h3,6-7,15-17H,4-5,8-12H2,1-2H3,(H,21,23)(H,24,25). The SMILES string of the molecule is Cc1ccc(OCC(=O)NC2CC(N(CC(=O)O)CC3CC3)C2)cc1C. The highest BCUT2D eigenvalue weighted by Crippen LogP contribution is 2.33. The third-order valence-corrected chi connectivity index (χ3v) is 5.37. The van der Waals surface area contributed by atoms with Crippen LogP contribution in [-0.4, -0.2) is 53.7 Å². The lowest BCUT2D eigenvalue weighted by Crippen LogP contribution is -2.55. The van der Waals surface area contributed by atoms with Gasteiger partial charge in [0.2, 0.25) is 0 Å². The number of ether oxygens (including phenoxy) is 1. The summed E-state index contributed by atoms with van der Waals surface area (Å²) in [6.45, 7) is 5.02. The Morgan fingerprint density at radius 1 is 1.23 bits per heavy atom. The maximum atomic E-state index is 12.1. The average molecular weight is 360 g/mol. The Hall–Kier alpha value is -2.08. The summed E-state index contributed by atoms with van der Waals surface area (Å²) in [6.07, 6.45) is 4.04. The lowest BCUT2D eigenvalue weighted by Gasteiger charge is -2.42. The van der Waals surface area contributed by atoms with E-state index in [9.17, 15) is 9.59 Å². The number of aliphatic carboxylic acids is 1. The fourth-order valence-electron chi connectivity index (χ4n) is 3.37. The number of carbonyl (C=O) groups is 2. The van der Waals surface area contributed by atoms with Gasteiger partial charge in [0.1, 0.15) is 5.75 Å². The van der Waals surface area contributed by atoms with Gasteiger partial charge in [-0.05, 0) is 68.7 Å². The minimum atomic E-state index is -0.778. The second-order valence-electron chi connectivity index (χ2n) is 7.69. The molecule has 3 rings (SSSR count). The molecule has 2 aliphatic carbocycles. The molecule has 1 amide bonds. The van der Waals surface area contributed by atoms with Crippen molar-refractivity contribution in [3.63, 3.8) is 0 Å². The molecular formula is C20H28N2O4. The number of carboxylic acid groups (broad SMARTS) is 1. The van der Waals surface area contributed by atoms with Gasteiger partial charge in [0.15, 0.2) is 6.61 Å². The van der Waals surface area contributed by atoms with Crippen LogP contribution in [0.1, 0.15) is 36.8 Å². The van der Waals surface area contributed by atoms with Crippen LogP contribution in [-0.2, 0) is 9.59 Å². The Bertz CT molecular complexity index is 666. The monoisotopic (exact) mass is 360 g/mol. The fourth-order valence-corrected chi connectivity index (χ4v) is 3.37. The van der Waals surface area contributed by atoms with Crippen molar-refractivity contribution in [2.75, 3.05) is 19.7 Å². The zero-order valence-corrected chi connectivity index (χ0v) is 15.5. The molecule has 2 N–H and O–H groups in total. The number of benzene rings is 1. The molecule has 1 aromatic carbocycles. The van der Waals surface area contributed by atoms with E-state index in [1.807, 2.05) is 32.0 Å². The molecule has 0 radical (unpaired) electrons. The van der Waals surface area contributed by atoms with Crippen LogP contribution in [0.5, 0.6) is 5.75 Å². The lowest BCUT2D eigenvalue weighted by molar-refractivity contribution is -0.140. The van der Waals surface area contributed by atoms with Crippen LogP contribution >= 0.6 is 0 Å². The maximum absolute atomic E-state index is 12.1. The molecule has 0 atom stereocenters. The number of hydrogen-bond donors (Lipinski definition) is 2. The van der Waals surface area contributed by atoms with E-state index in [4.69, 9.17) is 9.84 Å². The van der Waals surface area contributed by atoms with Crippen molar-refractivity contribution in [3.8, 4) is 5.75 Å². The first-order chi connectivity index (χ1) is 12.4. The Balaban J connectivity index is 1.39. The van der Waals surface area contributed by atoms with Crippen LogP contribution in [0.25, 0.3) is 0 Å². The molecule has 142 valence electrons. The Kier molecular flexibility index (Phi) is 5.81. The van der Waals surface area contributed by atoms with Crippen molar-refractivity contribution in [2.24, 2.45) is 5.92 Å². The zero-order chi connectivity index (χ0) is 18.7. The molecule has 0 heterocycles. The van der Waals surface area contributed by atoms with E-state index in [2.05, 4.69) is 10.2 Å². The molecule has 2 fully saturated rings. The molecule has 0 aromatic heterocycles. The number of nitrogens with zero attached hydrogens (tertiary/aromatic N) is 1. The molecule has 1 aromatic rings. The summed E-state index contributed by atoms with van der Waals surface area (Å²) in [7, 11) is 0. The quantitative estimate of drug-likeness (QED) is 0.705. The van der Waals surface area contributed by atoms with Gasteiger partial charge in [0, 0.05) is 18.6 Å². The van der Waals surface area contributed by atoms with Crippen molar-refractivity contribution in [3.05, 3.63) is 29.3 Å². The van der Waals surface area contributed by atoms with E-state index >= 15 is 0 Å². The number of aryl methyl sites for hydroxylation is 2. The minimum absolute atomic E-state index is 0.00455. The predicted molar refractivity (Wildman–Crippen MR) is 98.3 cm³/mol. The van der Waals surface area contributed by atoms with E-state index in [0.717, 1.165) is 24.9 Å². The topological polar surface area (TPSA) is 78.9 Å². The number of nitrogens with one attached hydrogen (secondary N) is 1. The van der Waals surface area contributed by atoms with Crippen molar-refractivity contribution in [1.29, 1.82) is 0 Å². The average Bonchev–Trinajstić information content (AvgIpc) is 3.34. The Labute approximate surface area is 154 Å². The number of carbonyl (C=O) groups excluding carboxylic acids is 1. The molecule has 2 aliphatic rings. The lowest BCUT2D eigenvalue weighted by atomic mass is 9.85. The van der Waals surface area contributed by atoms with Crippen LogP contribution in [0.3, 0.4) is 0 Å². The van der Waals surface area contributed by atoms with Gasteiger partial charge in [-0.2, -0.15) is 0 Å². The van der Waals surface area contributed by atoms with Gasteiger partial charge in [-0.25, -0.2) is 0 Å². The number of rotatable bonds is 9. The Morgan fingerprint density at radius 2 is 1.96 bits per heavy atom. The van der Waals surface area contributed by atoms with Crippen LogP contribution < -0.4 is 10.1 Å². The third-order valence-electron chi connectivity index (χ3n) is 5.37. The van der Waals surface area contributed by atoms with Gasteiger partial charge in [-0.1, -0.05) is 6.07 Å². The minimum Gasteiger partial charge on any atom is -0.484 e. The highest BCUT2D eigenvalue weighted by molar-refractivity contribution is 5.78. The number of amides is 1. The summed E-state index contributed by atoms with van der Waals surface area (Å²) >= 11 is 0. The largest absolute Gasteiger partial charge is 0.484 e. The van der Waals surface area contributed by atoms with Crippen molar-refractivity contribution in [2.45, 2.75) is 51.6 Å². The molecule has 2 saturated carbocycles. The fraction of sp³-hybridized carbons (Fsp3) is 0.600. The smallest absolute Gasteiger partial charge is 0.317 e. The first-order valence-corrected chi connectivity index (χ1v) is 9.36. The van der Waals surface area contributed by atoms with Gasteiger partial charge >= 0.3 is 5.97 Å². The number of hydrogen-bond acceptors (Lipinski definition) is 4. The Morgan fingerprint density at radius 3 is 2.58 bits per heavy atom. The molecule has 0 bridgehead atoms. The molecule has 0 unspecified atom stereocenters. The van der Waals surface area contributed by atoms with Gasteiger partial charge in [-0.3, -0.25) is 14.5 Å². The third kappa shape index (κ3) is 5.21. The van der Waals surface area contributed by atoms with Crippen LogP contribution in [0, 0.1) is 19.8 Å². The summed E-state index contributed by atoms with van der Waals surface area (Å²) in [5, 5.41) is 12.1. The van der Waals surface area contributed by atoms with Gasteiger partial charge in [-0.15, -0.1) is 0 Å². The second-order valence-corrected chi connectivity index (χ2v) is 7.69. The van der Waals surface area contributed by atoms with E-state index in [1.165, 1.54) is 18.4 Å². The molecular weight excluding hydrogens is 332 g/mol. The van der Waals surface area contributed by atoms with E-state index in [1.54, 1.807) is 0 Å². The molecule has 0 aliphatic heterocycles. The molecule has 6 heteroatoms. The highest BCUT2D eigenvalue weighted by Gasteiger charge is 2.37. The van der Waals surface area contributed by atoms with Crippen LogP contribution in [0.4, 0.5) is 0 Å². The van der Waals surface area contributed by atoms with Gasteiger partial charge in [0.25, 0.3) is 5.91 Å². The molecule has 0 spiro atoms. The molecule has 26 heavy (non-hydrogen) atoms. The van der Waals surface area contributed by atoms with Crippen LogP contribution in [0.2, 0.25) is 0 Å². The summed E-state index contributed by atoms with van der Waals surface area (Å²) in [5.41, 5.74) is 2.33. The summed E-state index contributed by atoms with van der Waals surface area (Å²) in [4.78, 5) is 25.2. The van der Waals surface area contributed by atoms with E-state index in [0.29, 0.717) is 11.7 Å². The maximum Gasteiger partial charge on any atom is 0.317 e. The first-order valence-electron chi connectivity index (χ1n) is 9.36. The first kappa shape index (κ1) is 18.7. The summed E-state index contributed by atoms with van der Waals surface area (Å²) < 4.78 is 5.56. The van der Waals surface area contributed by atoms with E-state index in [-0.39, 0.29) is 31.1 Å². The van der Waals surface area contributed by atoms with Gasteiger partial charge in [0.05, 0.1) is 6.54 Å². The second kappa shape index (κ2) is 8.08. The van der Waals surface area contributed by atoms with Crippen molar-refractivity contribution < 1.29 is 19.4 Å². The number of carboxylic acids is 1. The van der Waals surface area contributed by atoms with E-state index < -0.39 is 5.97 Å². The highest BCUT2D eigenvalue weighted by atomic mass is 16.5. The predicted octanol–water partition coefficient (Wildman–Crippen LogP) is 2.13. The summed E-state index contributed by atoms with van der Waals surface area (Å²) in [5.74, 6) is 0.458. The zero-order valence-electron chi connectivity index (χ0n) is 15.5.